The maximum absolute atomic E-state index is 13.2. The van der Waals surface area contributed by atoms with Gasteiger partial charge < -0.3 is 19.4 Å². The average Bonchev–Trinajstić information content (AvgIpc) is 2.78. The highest BCUT2D eigenvalue weighted by molar-refractivity contribution is 6.05. The normalized spacial score (nSPS) is 16.4. The molecule has 0 atom stereocenters. The van der Waals surface area contributed by atoms with Crippen molar-refractivity contribution >= 4 is 23.4 Å². The molecule has 0 N–H and O–H groups in total. The number of carbonyl (C=O) groups excluding carboxylic acids is 2. The molecule has 4 rings (SSSR count). The molecule has 1 saturated heterocycles. The Morgan fingerprint density at radius 3 is 2.66 bits per heavy atom. The number of aromatic nitrogens is 1. The number of piperazine rings is 1. The number of hydrogen-bond donors (Lipinski definition) is 0. The van der Waals surface area contributed by atoms with Gasteiger partial charge in [-0.05, 0) is 43.5 Å². The number of anilines is 2. The summed E-state index contributed by atoms with van der Waals surface area (Å²) in [5.41, 5.74) is 3.60. The Labute approximate surface area is 170 Å². The summed E-state index contributed by atoms with van der Waals surface area (Å²) in [5, 5.41) is 0. The molecule has 3 heterocycles. The molecule has 2 aliphatic heterocycles. The van der Waals surface area contributed by atoms with E-state index >= 15 is 0 Å². The van der Waals surface area contributed by atoms with Crippen molar-refractivity contribution < 1.29 is 14.3 Å². The van der Waals surface area contributed by atoms with Crippen molar-refractivity contribution in [3.8, 4) is 0 Å². The summed E-state index contributed by atoms with van der Waals surface area (Å²) in [4.78, 5) is 35.2. The molecule has 7 nitrogen and oxygen atoms in total. The molecule has 2 amide bonds. The van der Waals surface area contributed by atoms with Crippen molar-refractivity contribution in [2.75, 3.05) is 49.1 Å². The van der Waals surface area contributed by atoms with Crippen molar-refractivity contribution in [2.24, 2.45) is 0 Å². The van der Waals surface area contributed by atoms with Crippen LogP contribution in [0.25, 0.3) is 0 Å². The van der Waals surface area contributed by atoms with E-state index in [1.807, 2.05) is 42.2 Å². The van der Waals surface area contributed by atoms with Crippen molar-refractivity contribution in [1.29, 1.82) is 0 Å². The third-order valence-electron chi connectivity index (χ3n) is 5.49. The lowest BCUT2D eigenvalue weighted by molar-refractivity contribution is 0.0980. The number of hydrogen-bond acceptors (Lipinski definition) is 5. The van der Waals surface area contributed by atoms with Crippen LogP contribution in [0.3, 0.4) is 0 Å². The molecule has 0 unspecified atom stereocenters. The summed E-state index contributed by atoms with van der Waals surface area (Å²) in [6, 6.07) is 11.9. The zero-order valence-electron chi connectivity index (χ0n) is 16.7. The van der Waals surface area contributed by atoms with E-state index in [4.69, 9.17) is 4.74 Å². The summed E-state index contributed by atoms with van der Waals surface area (Å²) in [6.07, 6.45) is 3.38. The Kier molecular flexibility index (Phi) is 5.64. The van der Waals surface area contributed by atoms with Gasteiger partial charge in [0, 0.05) is 50.3 Å². The van der Waals surface area contributed by atoms with E-state index in [0.717, 1.165) is 24.2 Å². The van der Waals surface area contributed by atoms with Gasteiger partial charge in [-0.2, -0.15) is 0 Å². The molecule has 2 aromatic rings. The lowest BCUT2D eigenvalue weighted by Crippen LogP contribution is -2.49. The third kappa shape index (κ3) is 4.04. The molecule has 0 aliphatic carbocycles. The molecule has 152 valence electrons. The Bertz CT molecular complexity index is 893. The van der Waals surface area contributed by atoms with Crippen LogP contribution in [-0.2, 0) is 11.2 Å². The first-order valence-electron chi connectivity index (χ1n) is 10.2. The molecule has 0 saturated carbocycles. The lowest BCUT2D eigenvalue weighted by atomic mass is 10.0. The number of rotatable bonds is 3. The van der Waals surface area contributed by atoms with Gasteiger partial charge in [0.2, 0.25) is 0 Å². The number of fused-ring (bicyclic) bond motifs is 1. The summed E-state index contributed by atoms with van der Waals surface area (Å²) in [5.74, 6) is -0.0656. The highest BCUT2D eigenvalue weighted by Gasteiger charge is 2.26. The number of benzene rings is 1. The minimum absolute atomic E-state index is 0.0656. The van der Waals surface area contributed by atoms with Crippen LogP contribution >= 0.6 is 0 Å². The second-order valence-electron chi connectivity index (χ2n) is 7.26. The number of ether oxygens (including phenoxy) is 1. The van der Waals surface area contributed by atoms with Gasteiger partial charge in [0.1, 0.15) is 5.69 Å². The van der Waals surface area contributed by atoms with Crippen molar-refractivity contribution in [3.05, 3.63) is 53.9 Å². The van der Waals surface area contributed by atoms with Crippen LogP contribution in [0.4, 0.5) is 16.2 Å². The molecule has 1 fully saturated rings. The van der Waals surface area contributed by atoms with Gasteiger partial charge in [0.05, 0.1) is 6.61 Å². The standard InChI is InChI=1S/C22H26N4O3/c1-2-29-22(28)25-14-12-24(13-15-25)18-9-10-23-19(16-18)21(27)26-11-5-7-17-6-3-4-8-20(17)26/h3-4,6,8-10,16H,2,5,7,11-15H2,1H3. The smallest absolute Gasteiger partial charge is 0.409 e. The van der Waals surface area contributed by atoms with Gasteiger partial charge in [-0.3, -0.25) is 9.78 Å². The van der Waals surface area contributed by atoms with Crippen LogP contribution in [0.1, 0.15) is 29.4 Å². The highest BCUT2D eigenvalue weighted by Crippen LogP contribution is 2.28. The van der Waals surface area contributed by atoms with Crippen molar-refractivity contribution in [2.45, 2.75) is 19.8 Å². The summed E-state index contributed by atoms with van der Waals surface area (Å²) < 4.78 is 5.08. The SMILES string of the molecule is CCOC(=O)N1CCN(c2ccnc(C(=O)N3CCCc4ccccc43)c2)CC1. The fourth-order valence-corrected chi connectivity index (χ4v) is 3.98. The van der Waals surface area contributed by atoms with E-state index < -0.39 is 0 Å². The zero-order valence-corrected chi connectivity index (χ0v) is 16.7. The van der Waals surface area contributed by atoms with Crippen molar-refractivity contribution in [3.63, 3.8) is 0 Å². The van der Waals surface area contributed by atoms with Gasteiger partial charge in [0.15, 0.2) is 0 Å². The zero-order chi connectivity index (χ0) is 20.2. The summed E-state index contributed by atoms with van der Waals surface area (Å²) in [7, 11) is 0. The predicted molar refractivity (Wildman–Crippen MR) is 111 cm³/mol. The van der Waals surface area contributed by atoms with Crippen LogP contribution in [0.5, 0.6) is 0 Å². The largest absolute Gasteiger partial charge is 0.450 e. The number of amides is 2. The fraction of sp³-hybridized carbons (Fsp3) is 0.409. The van der Waals surface area contributed by atoms with Crippen LogP contribution < -0.4 is 9.80 Å². The van der Waals surface area contributed by atoms with Crippen LogP contribution in [0, 0.1) is 0 Å². The fourth-order valence-electron chi connectivity index (χ4n) is 3.98. The topological polar surface area (TPSA) is 66.0 Å². The lowest BCUT2D eigenvalue weighted by Gasteiger charge is -2.35. The third-order valence-corrected chi connectivity index (χ3v) is 5.49. The number of carbonyl (C=O) groups is 2. The van der Waals surface area contributed by atoms with Gasteiger partial charge in [-0.1, -0.05) is 18.2 Å². The first kappa shape index (κ1) is 19.2. The molecule has 2 aliphatic rings. The quantitative estimate of drug-likeness (QED) is 0.801. The minimum atomic E-state index is -0.262. The highest BCUT2D eigenvalue weighted by atomic mass is 16.6. The molecular formula is C22H26N4O3. The van der Waals surface area contributed by atoms with E-state index in [1.54, 1.807) is 11.1 Å². The Balaban J connectivity index is 1.47. The van der Waals surface area contributed by atoms with Crippen molar-refractivity contribution in [1.82, 2.24) is 9.88 Å². The predicted octanol–water partition coefficient (Wildman–Crippen LogP) is 2.95. The van der Waals surface area contributed by atoms with Crippen LogP contribution in [0.2, 0.25) is 0 Å². The second kappa shape index (κ2) is 8.51. The van der Waals surface area contributed by atoms with E-state index in [-0.39, 0.29) is 12.0 Å². The molecular weight excluding hydrogens is 368 g/mol. The molecule has 0 bridgehead atoms. The van der Waals surface area contributed by atoms with Gasteiger partial charge in [0.25, 0.3) is 5.91 Å². The second-order valence-corrected chi connectivity index (χ2v) is 7.26. The molecule has 1 aromatic heterocycles. The Morgan fingerprint density at radius 2 is 1.86 bits per heavy atom. The average molecular weight is 394 g/mol. The minimum Gasteiger partial charge on any atom is -0.450 e. The maximum Gasteiger partial charge on any atom is 0.409 e. The van der Waals surface area contributed by atoms with Crippen LogP contribution in [0.15, 0.2) is 42.6 Å². The van der Waals surface area contributed by atoms with Gasteiger partial charge in [-0.15, -0.1) is 0 Å². The first-order chi connectivity index (χ1) is 14.2. The molecule has 29 heavy (non-hydrogen) atoms. The Hall–Kier alpha value is -3.09. The van der Waals surface area contributed by atoms with E-state index in [2.05, 4.69) is 16.0 Å². The van der Waals surface area contributed by atoms with Gasteiger partial charge >= 0.3 is 6.09 Å². The molecule has 0 radical (unpaired) electrons. The van der Waals surface area contributed by atoms with E-state index in [0.29, 0.717) is 45.0 Å². The molecule has 1 aromatic carbocycles. The number of para-hydroxylation sites is 1. The molecule has 7 heteroatoms. The number of pyridine rings is 1. The number of aryl methyl sites for hydroxylation is 1. The number of nitrogens with zero attached hydrogens (tertiary/aromatic N) is 4. The summed E-state index contributed by atoms with van der Waals surface area (Å²) >= 11 is 0. The summed E-state index contributed by atoms with van der Waals surface area (Å²) in [6.45, 7) is 5.50. The van der Waals surface area contributed by atoms with Crippen LogP contribution in [-0.4, -0.2) is 61.2 Å². The Morgan fingerprint density at radius 1 is 1.07 bits per heavy atom. The monoisotopic (exact) mass is 394 g/mol. The molecule has 0 spiro atoms. The van der Waals surface area contributed by atoms with E-state index in [9.17, 15) is 9.59 Å². The maximum atomic E-state index is 13.2. The first-order valence-corrected chi connectivity index (χ1v) is 10.2. The van der Waals surface area contributed by atoms with Gasteiger partial charge in [-0.25, -0.2) is 4.79 Å². The van der Waals surface area contributed by atoms with E-state index in [1.165, 1.54) is 5.56 Å².